The Morgan fingerprint density at radius 2 is 2.08 bits per heavy atom. The third kappa shape index (κ3) is 3.73. The van der Waals surface area contributed by atoms with E-state index in [1.165, 1.54) is 0 Å². The Morgan fingerprint density at radius 3 is 2.75 bits per heavy atom. The second-order valence-corrected chi connectivity index (χ2v) is 8.10. The van der Waals surface area contributed by atoms with Gasteiger partial charge in [0.2, 0.25) is 10.0 Å². The van der Waals surface area contributed by atoms with Crippen LogP contribution < -0.4 is 4.74 Å². The largest absolute Gasteiger partial charge is 0.492 e. The van der Waals surface area contributed by atoms with Gasteiger partial charge in [-0.25, -0.2) is 12.7 Å². The van der Waals surface area contributed by atoms with Gasteiger partial charge < -0.3 is 4.74 Å². The second-order valence-electron chi connectivity index (χ2n) is 5.84. The number of hydrogen-bond donors (Lipinski definition) is 0. The summed E-state index contributed by atoms with van der Waals surface area (Å²) in [7, 11) is -3.22. The number of nitrogens with zero attached hydrogens (tertiary/aromatic N) is 3. The molecule has 0 amide bonds. The summed E-state index contributed by atoms with van der Waals surface area (Å²) in [6, 6.07) is 9.40. The lowest BCUT2D eigenvalue weighted by Crippen LogP contribution is -2.30. The van der Waals surface area contributed by atoms with Gasteiger partial charge in [-0.1, -0.05) is 6.07 Å². The average Bonchev–Trinajstić information content (AvgIpc) is 3.07. The average molecular weight is 347 g/mol. The lowest BCUT2D eigenvalue weighted by Gasteiger charge is -2.18. The van der Waals surface area contributed by atoms with Crippen molar-refractivity contribution in [1.82, 2.24) is 14.3 Å². The van der Waals surface area contributed by atoms with Crippen LogP contribution in [0, 0.1) is 5.92 Å². The number of rotatable bonds is 6. The molecule has 3 rings (SSSR count). The summed E-state index contributed by atoms with van der Waals surface area (Å²) in [6.07, 6.45) is 5.09. The first-order chi connectivity index (χ1) is 11.6. The zero-order chi connectivity index (χ0) is 17.0. The van der Waals surface area contributed by atoms with Crippen molar-refractivity contribution in [2.75, 3.05) is 25.4 Å². The van der Waals surface area contributed by atoms with Gasteiger partial charge in [0.1, 0.15) is 5.75 Å². The summed E-state index contributed by atoms with van der Waals surface area (Å²) >= 11 is 0. The van der Waals surface area contributed by atoms with E-state index in [0.717, 1.165) is 5.69 Å². The summed E-state index contributed by atoms with van der Waals surface area (Å²) in [5.41, 5.74) is 0.908. The van der Waals surface area contributed by atoms with Crippen LogP contribution in [0.15, 0.2) is 48.9 Å². The van der Waals surface area contributed by atoms with Gasteiger partial charge in [0.15, 0.2) is 0 Å². The van der Waals surface area contributed by atoms with Crippen LogP contribution in [-0.4, -0.2) is 48.1 Å². The molecule has 2 aromatic heterocycles. The highest BCUT2D eigenvalue weighted by Gasteiger charge is 2.39. The first kappa shape index (κ1) is 16.9. The molecule has 0 bridgehead atoms. The fraction of sp³-hybridized carbons (Fsp3) is 0.412. The topological polar surface area (TPSA) is 72.4 Å². The molecule has 0 saturated carbocycles. The molecule has 1 saturated heterocycles. The summed E-state index contributed by atoms with van der Waals surface area (Å²) in [5.74, 6) is 0.887. The first-order valence-corrected chi connectivity index (χ1v) is 9.62. The van der Waals surface area contributed by atoms with E-state index < -0.39 is 10.0 Å². The number of sulfonamides is 1. The van der Waals surface area contributed by atoms with Gasteiger partial charge in [0.05, 0.1) is 18.6 Å². The molecule has 1 aliphatic heterocycles. The summed E-state index contributed by atoms with van der Waals surface area (Å²) < 4.78 is 31.9. The van der Waals surface area contributed by atoms with Crippen molar-refractivity contribution in [2.24, 2.45) is 5.92 Å². The number of ether oxygens (including phenoxy) is 1. The van der Waals surface area contributed by atoms with Crippen molar-refractivity contribution in [3.05, 3.63) is 54.6 Å². The van der Waals surface area contributed by atoms with Crippen molar-refractivity contribution >= 4 is 10.0 Å². The highest BCUT2D eigenvalue weighted by molar-refractivity contribution is 7.89. The summed E-state index contributed by atoms with van der Waals surface area (Å²) in [4.78, 5) is 8.45. The lowest BCUT2D eigenvalue weighted by atomic mass is 9.93. The predicted molar refractivity (Wildman–Crippen MR) is 91.2 cm³/mol. The third-order valence-corrected chi connectivity index (χ3v) is 6.15. The number of hydrogen-bond acceptors (Lipinski definition) is 5. The minimum atomic E-state index is -3.22. The highest BCUT2D eigenvalue weighted by atomic mass is 32.2. The minimum absolute atomic E-state index is 0.0317. The van der Waals surface area contributed by atoms with Crippen molar-refractivity contribution < 1.29 is 13.2 Å². The fourth-order valence-electron chi connectivity index (χ4n) is 2.98. The van der Waals surface area contributed by atoms with E-state index in [-0.39, 0.29) is 17.6 Å². The minimum Gasteiger partial charge on any atom is -0.492 e. The summed E-state index contributed by atoms with van der Waals surface area (Å²) in [5, 5.41) is 0. The van der Waals surface area contributed by atoms with Gasteiger partial charge in [-0.05, 0) is 31.2 Å². The Balaban J connectivity index is 1.78. The Hall–Kier alpha value is -1.99. The van der Waals surface area contributed by atoms with E-state index in [1.807, 2.05) is 30.3 Å². The molecule has 0 N–H and O–H groups in total. The van der Waals surface area contributed by atoms with Crippen LogP contribution in [-0.2, 0) is 10.0 Å². The Kier molecular flexibility index (Phi) is 5.11. The molecule has 0 unspecified atom stereocenters. The molecular weight excluding hydrogens is 326 g/mol. The number of pyridine rings is 2. The lowest BCUT2D eigenvalue weighted by molar-refractivity contribution is 0.243. The van der Waals surface area contributed by atoms with Crippen molar-refractivity contribution in [1.29, 1.82) is 0 Å². The van der Waals surface area contributed by atoms with Crippen LogP contribution in [0.5, 0.6) is 5.75 Å². The van der Waals surface area contributed by atoms with Gasteiger partial charge in [0.25, 0.3) is 0 Å². The predicted octanol–water partition coefficient (Wildman–Crippen LogP) is 1.92. The molecule has 0 spiro atoms. The van der Waals surface area contributed by atoms with Gasteiger partial charge in [0, 0.05) is 43.0 Å². The Bertz CT molecular complexity index is 753. The maximum atomic E-state index is 12.3. The van der Waals surface area contributed by atoms with Crippen LogP contribution in [0.3, 0.4) is 0 Å². The quantitative estimate of drug-likeness (QED) is 0.798. The van der Waals surface area contributed by atoms with E-state index in [9.17, 15) is 8.42 Å². The normalized spacial score (nSPS) is 21.7. The van der Waals surface area contributed by atoms with Gasteiger partial charge in [-0.3, -0.25) is 9.97 Å². The standard InChI is InChI=1S/C17H21N3O3S/c1-2-24(21,22)20-11-14(13-23-15-6-5-8-18-10-15)16(12-20)17-7-3-4-9-19-17/h3-10,14,16H,2,11-13H2,1H3/t14-,16+/m0/s1. The maximum Gasteiger partial charge on any atom is 0.213 e. The Morgan fingerprint density at radius 1 is 1.21 bits per heavy atom. The molecule has 1 aliphatic rings. The van der Waals surface area contributed by atoms with Crippen molar-refractivity contribution in [3.63, 3.8) is 0 Å². The highest BCUT2D eigenvalue weighted by Crippen LogP contribution is 2.33. The van der Waals surface area contributed by atoms with Crippen molar-refractivity contribution in [2.45, 2.75) is 12.8 Å². The molecule has 128 valence electrons. The fourth-order valence-corrected chi connectivity index (χ4v) is 4.15. The molecule has 0 aliphatic carbocycles. The molecular formula is C17H21N3O3S. The van der Waals surface area contributed by atoms with E-state index in [4.69, 9.17) is 4.74 Å². The molecule has 1 fully saturated rings. The number of aromatic nitrogens is 2. The van der Waals surface area contributed by atoms with Crippen LogP contribution >= 0.6 is 0 Å². The van der Waals surface area contributed by atoms with E-state index in [1.54, 1.807) is 29.8 Å². The SMILES string of the molecule is CCS(=O)(=O)N1C[C@@H](COc2cccnc2)[C@H](c2ccccn2)C1. The molecule has 2 atom stereocenters. The Labute approximate surface area is 142 Å². The van der Waals surface area contributed by atoms with Gasteiger partial charge in [-0.2, -0.15) is 0 Å². The molecule has 0 aromatic carbocycles. The van der Waals surface area contributed by atoms with Crippen LogP contribution in [0.4, 0.5) is 0 Å². The van der Waals surface area contributed by atoms with Crippen molar-refractivity contribution in [3.8, 4) is 5.75 Å². The van der Waals surface area contributed by atoms with Gasteiger partial charge >= 0.3 is 0 Å². The summed E-state index contributed by atoms with van der Waals surface area (Å²) in [6.45, 7) is 3.01. The molecule has 24 heavy (non-hydrogen) atoms. The molecule has 3 heterocycles. The second kappa shape index (κ2) is 7.27. The first-order valence-electron chi connectivity index (χ1n) is 8.01. The third-order valence-electron chi connectivity index (χ3n) is 4.33. The van der Waals surface area contributed by atoms with Crippen LogP contribution in [0.25, 0.3) is 0 Å². The van der Waals surface area contributed by atoms with Crippen LogP contribution in [0.2, 0.25) is 0 Å². The van der Waals surface area contributed by atoms with E-state index in [0.29, 0.717) is 25.4 Å². The molecule has 7 heteroatoms. The molecule has 6 nitrogen and oxygen atoms in total. The van der Waals surface area contributed by atoms with Gasteiger partial charge in [-0.15, -0.1) is 0 Å². The monoisotopic (exact) mass is 347 g/mol. The smallest absolute Gasteiger partial charge is 0.213 e. The van der Waals surface area contributed by atoms with Crippen LogP contribution in [0.1, 0.15) is 18.5 Å². The van der Waals surface area contributed by atoms with E-state index in [2.05, 4.69) is 9.97 Å². The van der Waals surface area contributed by atoms with E-state index >= 15 is 0 Å². The molecule has 0 radical (unpaired) electrons. The molecule has 2 aromatic rings. The zero-order valence-corrected chi connectivity index (χ0v) is 14.4. The zero-order valence-electron chi connectivity index (χ0n) is 13.6. The maximum absolute atomic E-state index is 12.3.